The average molecular weight is 318 g/mol. The minimum atomic E-state index is -0.625. The Bertz CT molecular complexity index is 569. The average Bonchev–Trinajstić information content (AvgIpc) is 2.35. The van der Waals surface area contributed by atoms with Crippen LogP contribution in [-0.4, -0.2) is 17.4 Å². The molecule has 0 aromatic heterocycles. The minimum Gasteiger partial charge on any atom is -0.343 e. The Morgan fingerprint density at radius 1 is 1.00 bits per heavy atom. The van der Waals surface area contributed by atoms with Crippen LogP contribution in [0.1, 0.15) is 66.4 Å². The summed E-state index contributed by atoms with van der Waals surface area (Å²) in [7, 11) is 0. The number of para-hydroxylation sites is 1. The van der Waals surface area contributed by atoms with E-state index in [1.165, 1.54) is 0 Å². The smallest absolute Gasteiger partial charge is 0.313 e. The van der Waals surface area contributed by atoms with E-state index in [9.17, 15) is 9.59 Å². The normalized spacial score (nSPS) is 12.2. The van der Waals surface area contributed by atoms with Crippen LogP contribution in [0.5, 0.6) is 0 Å². The van der Waals surface area contributed by atoms with Gasteiger partial charge in [0.15, 0.2) is 0 Å². The third-order valence-electron chi connectivity index (χ3n) is 3.46. The van der Waals surface area contributed by atoms with Gasteiger partial charge in [-0.25, -0.2) is 0 Å². The van der Waals surface area contributed by atoms with E-state index in [1.807, 2.05) is 38.1 Å². The predicted molar refractivity (Wildman–Crippen MR) is 95.5 cm³/mol. The van der Waals surface area contributed by atoms with E-state index in [1.54, 1.807) is 0 Å². The second kappa shape index (κ2) is 7.16. The monoisotopic (exact) mass is 318 g/mol. The van der Waals surface area contributed by atoms with Crippen LogP contribution in [0, 0.1) is 5.41 Å². The summed E-state index contributed by atoms with van der Waals surface area (Å²) in [6, 6.07) is 7.56. The second-order valence-corrected chi connectivity index (χ2v) is 8.27. The van der Waals surface area contributed by atoms with Gasteiger partial charge in [-0.05, 0) is 43.2 Å². The number of rotatable bonds is 4. The Hall–Kier alpha value is -1.84. The highest BCUT2D eigenvalue weighted by Crippen LogP contribution is 2.27. The largest absolute Gasteiger partial charge is 0.343 e. The highest BCUT2D eigenvalue weighted by molar-refractivity contribution is 6.39. The number of carbonyl (C=O) groups is 2. The summed E-state index contributed by atoms with van der Waals surface area (Å²) >= 11 is 0. The molecule has 2 N–H and O–H groups in total. The molecule has 2 amide bonds. The molecule has 0 fully saturated rings. The molecule has 0 unspecified atom stereocenters. The quantitative estimate of drug-likeness (QED) is 0.822. The number of carbonyl (C=O) groups excluding carboxylic acids is 2. The molecule has 0 atom stereocenters. The molecule has 0 radical (unpaired) electrons. The van der Waals surface area contributed by atoms with Crippen molar-refractivity contribution in [3.63, 3.8) is 0 Å². The topological polar surface area (TPSA) is 58.2 Å². The van der Waals surface area contributed by atoms with Crippen LogP contribution in [0.4, 0.5) is 5.69 Å². The zero-order valence-electron chi connectivity index (χ0n) is 15.4. The van der Waals surface area contributed by atoms with Crippen LogP contribution in [0.2, 0.25) is 0 Å². The highest BCUT2D eigenvalue weighted by atomic mass is 16.2. The summed E-state index contributed by atoms with van der Waals surface area (Å²) in [6.07, 6.45) is 0.779. The minimum absolute atomic E-state index is 0.0670. The first-order valence-electron chi connectivity index (χ1n) is 8.14. The van der Waals surface area contributed by atoms with Crippen molar-refractivity contribution >= 4 is 17.5 Å². The Labute approximate surface area is 140 Å². The van der Waals surface area contributed by atoms with Crippen molar-refractivity contribution in [1.29, 1.82) is 0 Å². The highest BCUT2D eigenvalue weighted by Gasteiger charge is 2.29. The number of hydrogen-bond donors (Lipinski definition) is 2. The van der Waals surface area contributed by atoms with E-state index in [2.05, 4.69) is 45.3 Å². The maximum Gasteiger partial charge on any atom is 0.313 e. The van der Waals surface area contributed by atoms with Gasteiger partial charge in [0.05, 0.1) is 0 Å². The maximum absolute atomic E-state index is 12.2. The molecule has 1 aromatic rings. The zero-order valence-corrected chi connectivity index (χ0v) is 15.4. The lowest BCUT2D eigenvalue weighted by Crippen LogP contribution is -2.49. The van der Waals surface area contributed by atoms with Crippen molar-refractivity contribution in [1.82, 2.24) is 5.32 Å². The molecule has 0 bridgehead atoms. The van der Waals surface area contributed by atoms with Crippen molar-refractivity contribution in [3.8, 4) is 0 Å². The standard InChI is InChI=1S/C19H30N2O2/c1-13(2)14-10-8-9-11-15(14)20-16(22)17(23)21-19(6,7)12-18(3,4)5/h8-11,13H,12H2,1-7H3,(H,20,22)(H,21,23). The third-order valence-corrected chi connectivity index (χ3v) is 3.46. The summed E-state index contributed by atoms with van der Waals surface area (Å²) in [5.74, 6) is -0.954. The molecule has 0 aliphatic rings. The van der Waals surface area contributed by atoms with E-state index in [-0.39, 0.29) is 11.3 Å². The number of nitrogens with one attached hydrogen (secondary N) is 2. The summed E-state index contributed by atoms with van der Waals surface area (Å²) in [4.78, 5) is 24.4. The molecule has 0 spiro atoms. The maximum atomic E-state index is 12.2. The van der Waals surface area contributed by atoms with Crippen LogP contribution in [-0.2, 0) is 9.59 Å². The molecule has 4 nitrogen and oxygen atoms in total. The molecule has 1 aromatic carbocycles. The molecular weight excluding hydrogens is 288 g/mol. The summed E-state index contributed by atoms with van der Waals surface area (Å²) in [6.45, 7) is 14.3. The number of benzene rings is 1. The van der Waals surface area contributed by atoms with Gasteiger partial charge in [0.1, 0.15) is 0 Å². The Morgan fingerprint density at radius 2 is 1.57 bits per heavy atom. The van der Waals surface area contributed by atoms with E-state index in [4.69, 9.17) is 0 Å². The lowest BCUT2D eigenvalue weighted by molar-refractivity contribution is -0.137. The predicted octanol–water partition coefficient (Wildman–Crippen LogP) is 4.08. The van der Waals surface area contributed by atoms with Crippen LogP contribution < -0.4 is 10.6 Å². The molecule has 23 heavy (non-hydrogen) atoms. The van der Waals surface area contributed by atoms with Gasteiger partial charge in [-0.2, -0.15) is 0 Å². The van der Waals surface area contributed by atoms with Gasteiger partial charge in [-0.15, -0.1) is 0 Å². The Morgan fingerprint density at radius 3 is 2.09 bits per heavy atom. The van der Waals surface area contributed by atoms with Gasteiger partial charge in [-0.1, -0.05) is 52.8 Å². The van der Waals surface area contributed by atoms with Gasteiger partial charge < -0.3 is 10.6 Å². The van der Waals surface area contributed by atoms with Crippen LogP contribution in [0.3, 0.4) is 0 Å². The fourth-order valence-electron chi connectivity index (χ4n) is 3.03. The summed E-state index contributed by atoms with van der Waals surface area (Å²) in [5, 5.41) is 5.56. The molecular formula is C19H30N2O2. The van der Waals surface area contributed by atoms with Crippen molar-refractivity contribution in [2.45, 2.75) is 66.3 Å². The first kappa shape index (κ1) is 19.2. The third kappa shape index (κ3) is 6.43. The van der Waals surface area contributed by atoms with Crippen molar-refractivity contribution in [2.75, 3.05) is 5.32 Å². The fourth-order valence-corrected chi connectivity index (χ4v) is 3.03. The molecule has 0 saturated carbocycles. The SMILES string of the molecule is CC(C)c1ccccc1NC(=O)C(=O)NC(C)(C)CC(C)(C)C. The number of hydrogen-bond acceptors (Lipinski definition) is 2. The van der Waals surface area contributed by atoms with Gasteiger partial charge in [-0.3, -0.25) is 9.59 Å². The van der Waals surface area contributed by atoms with Gasteiger partial charge >= 0.3 is 11.8 Å². The van der Waals surface area contributed by atoms with Gasteiger partial charge in [0.2, 0.25) is 0 Å². The van der Waals surface area contributed by atoms with Crippen molar-refractivity contribution in [2.24, 2.45) is 5.41 Å². The van der Waals surface area contributed by atoms with Crippen LogP contribution in [0.25, 0.3) is 0 Å². The van der Waals surface area contributed by atoms with Crippen molar-refractivity contribution < 1.29 is 9.59 Å². The van der Waals surface area contributed by atoms with Crippen molar-refractivity contribution in [3.05, 3.63) is 29.8 Å². The van der Waals surface area contributed by atoms with Gasteiger partial charge in [0.25, 0.3) is 0 Å². The second-order valence-electron chi connectivity index (χ2n) is 8.27. The molecule has 0 aliphatic carbocycles. The molecule has 128 valence electrons. The summed E-state index contributed by atoms with van der Waals surface area (Å²) < 4.78 is 0. The van der Waals surface area contributed by atoms with E-state index < -0.39 is 17.4 Å². The molecule has 0 saturated heterocycles. The van der Waals surface area contributed by atoms with Gasteiger partial charge in [0, 0.05) is 11.2 Å². The summed E-state index contributed by atoms with van der Waals surface area (Å²) in [5.41, 5.74) is 1.33. The Kier molecular flexibility index (Phi) is 5.98. The molecule has 0 heterocycles. The van der Waals surface area contributed by atoms with Crippen LogP contribution in [0.15, 0.2) is 24.3 Å². The zero-order chi connectivity index (χ0) is 17.8. The van der Waals surface area contributed by atoms with E-state index >= 15 is 0 Å². The number of anilines is 1. The first-order valence-corrected chi connectivity index (χ1v) is 8.14. The fraction of sp³-hybridized carbons (Fsp3) is 0.579. The number of amides is 2. The van der Waals surface area contributed by atoms with Crippen LogP contribution >= 0.6 is 0 Å². The lowest BCUT2D eigenvalue weighted by Gasteiger charge is -2.33. The first-order chi connectivity index (χ1) is 10.4. The lowest BCUT2D eigenvalue weighted by atomic mass is 9.82. The Balaban J connectivity index is 2.77. The molecule has 4 heteroatoms. The molecule has 1 rings (SSSR count). The van der Waals surface area contributed by atoms with E-state index in [0.29, 0.717) is 5.69 Å². The molecule has 0 aliphatic heterocycles. The van der Waals surface area contributed by atoms with E-state index in [0.717, 1.165) is 12.0 Å².